The predicted octanol–water partition coefficient (Wildman–Crippen LogP) is -0.290. The van der Waals surface area contributed by atoms with Gasteiger partial charge in [-0.05, 0) is 31.9 Å². The summed E-state index contributed by atoms with van der Waals surface area (Å²) in [6.45, 7) is 4.21. The van der Waals surface area contributed by atoms with Crippen LogP contribution in [0.3, 0.4) is 0 Å². The number of alkyl halides is 1. The molecule has 0 aromatic heterocycles. The summed E-state index contributed by atoms with van der Waals surface area (Å²) >= 11 is 7.50. The van der Waals surface area contributed by atoms with Gasteiger partial charge in [0.15, 0.2) is 0 Å². The quantitative estimate of drug-likeness (QED) is 0.326. The van der Waals surface area contributed by atoms with Gasteiger partial charge in [0.1, 0.15) is 29.9 Å². The molecule has 0 aromatic carbocycles. The normalized spacial score (nSPS) is 38.9. The Morgan fingerprint density at radius 2 is 2.00 bits per heavy atom. The zero-order chi connectivity index (χ0) is 21.0. The Bertz CT molecular complexity index is 514. The predicted molar refractivity (Wildman–Crippen MR) is 108 cm³/mol. The Labute approximate surface area is 175 Å². The molecule has 2 fully saturated rings. The first-order valence-electron chi connectivity index (χ1n) is 9.76. The van der Waals surface area contributed by atoms with Gasteiger partial charge in [-0.2, -0.15) is 0 Å². The molecule has 10 heteroatoms. The number of thioether (sulfide) groups is 1. The van der Waals surface area contributed by atoms with Crippen molar-refractivity contribution in [2.45, 2.75) is 80.4 Å². The van der Waals surface area contributed by atoms with E-state index >= 15 is 0 Å². The monoisotopic (exact) mass is 440 g/mol. The lowest BCUT2D eigenvalue weighted by Gasteiger charge is -2.44. The molecular weight excluding hydrogens is 408 g/mol. The fourth-order valence-electron chi connectivity index (χ4n) is 4.13. The number of likely N-dealkylation sites (tertiary alicyclic amines) is 1. The molecule has 1 amide bonds. The average molecular weight is 441 g/mol. The van der Waals surface area contributed by atoms with Crippen molar-refractivity contribution < 1.29 is 30.0 Å². The van der Waals surface area contributed by atoms with Crippen LogP contribution in [0.1, 0.15) is 33.1 Å². The molecule has 2 aliphatic rings. The SMILES string of the molecule is CCCC1CC(C(=O)NC(C(C)Cl)C2OC(SC)C(O)C(O)C2O)N(CO)C1. The van der Waals surface area contributed by atoms with Crippen molar-refractivity contribution in [2.24, 2.45) is 5.92 Å². The lowest BCUT2D eigenvalue weighted by atomic mass is 9.92. The minimum Gasteiger partial charge on any atom is -0.388 e. The van der Waals surface area contributed by atoms with E-state index in [0.717, 1.165) is 12.8 Å². The number of nitrogens with one attached hydrogen (secondary N) is 1. The molecule has 0 saturated carbocycles. The van der Waals surface area contributed by atoms with Crippen LogP contribution < -0.4 is 5.32 Å². The number of nitrogens with zero attached hydrogens (tertiary/aromatic N) is 1. The average Bonchev–Trinajstić information content (AvgIpc) is 3.08. The number of halogens is 1. The Hall–Kier alpha value is -0.130. The number of carbonyl (C=O) groups excluding carboxylic acids is 1. The molecule has 9 unspecified atom stereocenters. The van der Waals surface area contributed by atoms with Gasteiger partial charge in [-0.25, -0.2) is 0 Å². The molecule has 0 aromatic rings. The first-order chi connectivity index (χ1) is 13.2. The Morgan fingerprint density at radius 3 is 2.54 bits per heavy atom. The van der Waals surface area contributed by atoms with Crippen molar-refractivity contribution >= 4 is 29.3 Å². The van der Waals surface area contributed by atoms with E-state index in [9.17, 15) is 25.2 Å². The highest BCUT2D eigenvalue weighted by Crippen LogP contribution is 2.31. The van der Waals surface area contributed by atoms with Crippen LogP contribution in [0, 0.1) is 5.92 Å². The molecule has 0 bridgehead atoms. The number of hydrogen-bond donors (Lipinski definition) is 5. The minimum absolute atomic E-state index is 0.207. The lowest BCUT2D eigenvalue weighted by molar-refractivity contribution is -0.205. The van der Waals surface area contributed by atoms with Crippen molar-refractivity contribution in [3.8, 4) is 0 Å². The first-order valence-corrected chi connectivity index (χ1v) is 11.5. The van der Waals surface area contributed by atoms with Gasteiger partial charge in [-0.1, -0.05) is 13.3 Å². The molecule has 8 nitrogen and oxygen atoms in total. The number of carbonyl (C=O) groups is 1. The second-order valence-electron chi connectivity index (χ2n) is 7.71. The first kappa shape index (κ1) is 24.1. The van der Waals surface area contributed by atoms with Crippen LogP contribution in [0.25, 0.3) is 0 Å². The summed E-state index contributed by atoms with van der Waals surface area (Å²) in [6.07, 6.45) is -0.640. The fourth-order valence-corrected chi connectivity index (χ4v) is 5.01. The Morgan fingerprint density at radius 1 is 1.32 bits per heavy atom. The summed E-state index contributed by atoms with van der Waals surface area (Å²) in [7, 11) is 0. The summed E-state index contributed by atoms with van der Waals surface area (Å²) in [5.41, 5.74) is -0.743. The minimum atomic E-state index is -1.40. The lowest BCUT2D eigenvalue weighted by Crippen LogP contribution is -2.65. The third-order valence-electron chi connectivity index (χ3n) is 5.67. The molecule has 2 rings (SSSR count). The Kier molecular flexibility index (Phi) is 9.28. The van der Waals surface area contributed by atoms with Crippen molar-refractivity contribution in [1.29, 1.82) is 0 Å². The molecular formula is C18H33ClN2O6S. The summed E-state index contributed by atoms with van der Waals surface area (Å²) < 4.78 is 5.77. The van der Waals surface area contributed by atoms with Crippen molar-refractivity contribution in [3.63, 3.8) is 0 Å². The maximum atomic E-state index is 12.9. The fraction of sp³-hybridized carbons (Fsp3) is 0.944. The molecule has 5 N–H and O–H groups in total. The molecule has 2 heterocycles. The number of ether oxygens (including phenoxy) is 1. The summed E-state index contributed by atoms with van der Waals surface area (Å²) in [6, 6.07) is -1.25. The standard InChI is InChI=1S/C18H33ClN2O6S/c1-4-5-10-6-11(21(7-10)8-22)17(26)20-12(9(2)19)16-14(24)13(23)15(25)18(27-16)28-3/h9-16,18,22-25H,4-8H2,1-3H3,(H,20,26). The van der Waals surface area contributed by atoms with E-state index in [1.165, 1.54) is 11.8 Å². The van der Waals surface area contributed by atoms with Gasteiger partial charge in [0.2, 0.25) is 5.91 Å². The van der Waals surface area contributed by atoms with E-state index in [2.05, 4.69) is 12.2 Å². The van der Waals surface area contributed by atoms with E-state index in [1.54, 1.807) is 18.1 Å². The van der Waals surface area contributed by atoms with Gasteiger partial charge in [0.25, 0.3) is 0 Å². The third kappa shape index (κ3) is 5.31. The zero-order valence-electron chi connectivity index (χ0n) is 16.6. The number of hydrogen-bond acceptors (Lipinski definition) is 8. The summed E-state index contributed by atoms with van der Waals surface area (Å²) in [5, 5.41) is 42.5. The maximum Gasteiger partial charge on any atom is 0.237 e. The molecule has 2 aliphatic heterocycles. The molecule has 164 valence electrons. The van der Waals surface area contributed by atoms with Crippen LogP contribution >= 0.6 is 23.4 Å². The van der Waals surface area contributed by atoms with Crippen LogP contribution in [0.4, 0.5) is 0 Å². The molecule has 9 atom stereocenters. The number of rotatable bonds is 8. The zero-order valence-corrected chi connectivity index (χ0v) is 18.1. The number of aliphatic hydroxyl groups is 4. The third-order valence-corrected chi connectivity index (χ3v) is 6.79. The van der Waals surface area contributed by atoms with Gasteiger partial charge >= 0.3 is 0 Å². The van der Waals surface area contributed by atoms with Crippen molar-refractivity contribution in [1.82, 2.24) is 10.2 Å². The van der Waals surface area contributed by atoms with E-state index in [0.29, 0.717) is 18.9 Å². The van der Waals surface area contributed by atoms with Gasteiger partial charge < -0.3 is 30.5 Å². The highest BCUT2D eigenvalue weighted by molar-refractivity contribution is 7.99. The van der Waals surface area contributed by atoms with Gasteiger partial charge in [-0.3, -0.25) is 9.69 Å². The van der Waals surface area contributed by atoms with Crippen molar-refractivity contribution in [3.05, 3.63) is 0 Å². The van der Waals surface area contributed by atoms with Gasteiger partial charge in [0, 0.05) is 6.54 Å². The second kappa shape index (κ2) is 10.8. The summed E-state index contributed by atoms with van der Waals surface area (Å²) in [5.74, 6) is 0.0522. The van der Waals surface area contributed by atoms with Crippen LogP contribution in [-0.4, -0.2) is 98.1 Å². The van der Waals surface area contributed by atoms with Gasteiger partial charge in [-0.15, -0.1) is 23.4 Å². The highest BCUT2D eigenvalue weighted by atomic mass is 35.5. The number of amides is 1. The largest absolute Gasteiger partial charge is 0.388 e. The molecule has 0 radical (unpaired) electrons. The van der Waals surface area contributed by atoms with Crippen LogP contribution in [-0.2, 0) is 9.53 Å². The van der Waals surface area contributed by atoms with E-state index < -0.39 is 47.3 Å². The topological polar surface area (TPSA) is 122 Å². The second-order valence-corrected chi connectivity index (χ2v) is 9.33. The van der Waals surface area contributed by atoms with Crippen molar-refractivity contribution in [2.75, 3.05) is 19.5 Å². The highest BCUT2D eigenvalue weighted by Gasteiger charge is 2.48. The van der Waals surface area contributed by atoms with E-state index in [1.807, 2.05) is 0 Å². The maximum absolute atomic E-state index is 12.9. The molecule has 0 aliphatic carbocycles. The molecule has 2 saturated heterocycles. The van der Waals surface area contributed by atoms with Crippen LogP contribution in [0.15, 0.2) is 0 Å². The van der Waals surface area contributed by atoms with Gasteiger partial charge in [0.05, 0.1) is 24.2 Å². The smallest absolute Gasteiger partial charge is 0.237 e. The Balaban J connectivity index is 2.12. The van der Waals surface area contributed by atoms with Crippen LogP contribution in [0.2, 0.25) is 0 Å². The van der Waals surface area contributed by atoms with E-state index in [-0.39, 0.29) is 12.6 Å². The number of aliphatic hydroxyl groups excluding tert-OH is 4. The molecule has 28 heavy (non-hydrogen) atoms. The van der Waals surface area contributed by atoms with E-state index in [4.69, 9.17) is 16.3 Å². The van der Waals surface area contributed by atoms with Crippen LogP contribution in [0.5, 0.6) is 0 Å². The molecule has 0 spiro atoms. The summed E-state index contributed by atoms with van der Waals surface area (Å²) in [4.78, 5) is 14.7.